The molecule has 2 aliphatic heterocycles. The van der Waals surface area contributed by atoms with Crippen molar-refractivity contribution in [2.45, 2.75) is 0 Å². The van der Waals surface area contributed by atoms with E-state index in [1.807, 2.05) is 36.4 Å². The van der Waals surface area contributed by atoms with Crippen LogP contribution in [0.25, 0.3) is 6.08 Å². The van der Waals surface area contributed by atoms with Crippen LogP contribution in [-0.2, 0) is 9.59 Å². The topological polar surface area (TPSA) is 93.9 Å². The lowest BCUT2D eigenvalue weighted by Gasteiger charge is -2.36. The first-order valence-electron chi connectivity index (χ1n) is 10.6. The molecule has 174 valence electrons. The van der Waals surface area contributed by atoms with Gasteiger partial charge in [0.1, 0.15) is 18.4 Å². The molecule has 0 N–H and O–H groups in total. The minimum atomic E-state index is -0.516. The van der Waals surface area contributed by atoms with Crippen LogP contribution in [0.2, 0.25) is 0 Å². The number of hydrogen-bond donors (Lipinski definition) is 0. The summed E-state index contributed by atoms with van der Waals surface area (Å²) in [5.41, 5.74) is 1.66. The van der Waals surface area contributed by atoms with Gasteiger partial charge >= 0.3 is 0 Å². The molecule has 2 fully saturated rings. The molecule has 4 rings (SSSR count). The summed E-state index contributed by atoms with van der Waals surface area (Å²) in [6.45, 7) is 1.99. The molecule has 0 bridgehead atoms. The van der Waals surface area contributed by atoms with E-state index in [1.165, 1.54) is 0 Å². The van der Waals surface area contributed by atoms with Crippen molar-refractivity contribution in [1.29, 1.82) is 5.26 Å². The fourth-order valence-electron chi connectivity index (χ4n) is 3.74. The molecule has 0 spiro atoms. The van der Waals surface area contributed by atoms with Gasteiger partial charge in [-0.15, -0.1) is 0 Å². The number of nitriles is 1. The largest absolute Gasteiger partial charge is 0.478 e. The van der Waals surface area contributed by atoms with Crippen LogP contribution in [0, 0.1) is 11.3 Å². The number of benzene rings is 2. The average Bonchev–Trinajstić information content (AvgIpc) is 3.11. The summed E-state index contributed by atoms with van der Waals surface area (Å²) in [5.74, 6) is -0.349. The van der Waals surface area contributed by atoms with Gasteiger partial charge < -0.3 is 14.5 Å². The summed E-state index contributed by atoms with van der Waals surface area (Å²) in [7, 11) is 0. The molecule has 0 radical (unpaired) electrons. The summed E-state index contributed by atoms with van der Waals surface area (Å²) in [4.78, 5) is 43.4. The van der Waals surface area contributed by atoms with Gasteiger partial charge in [-0.05, 0) is 48.2 Å². The third-order valence-corrected chi connectivity index (χ3v) is 6.87. The number of nitrogens with zero attached hydrogens (tertiary/aromatic N) is 4. The van der Waals surface area contributed by atoms with Crippen molar-refractivity contribution < 1.29 is 19.1 Å². The van der Waals surface area contributed by atoms with Crippen molar-refractivity contribution in [2.75, 3.05) is 44.2 Å². The lowest BCUT2D eigenvalue weighted by atomic mass is 10.2. The molecular weight excluding hydrogens is 520 g/mol. The SMILES string of the molecule is N#CCOc1ccc(Br)cc1/C=C1/SC(=O)N(CC(=O)N2CCN(c3ccccc3)CC2)C1=O. The highest BCUT2D eigenvalue weighted by molar-refractivity contribution is 9.10. The van der Waals surface area contributed by atoms with Gasteiger partial charge in [-0.2, -0.15) is 5.26 Å². The summed E-state index contributed by atoms with van der Waals surface area (Å²) < 4.78 is 6.17. The van der Waals surface area contributed by atoms with Gasteiger partial charge in [-0.25, -0.2) is 0 Å². The van der Waals surface area contributed by atoms with E-state index in [1.54, 1.807) is 29.2 Å². The van der Waals surface area contributed by atoms with E-state index in [4.69, 9.17) is 10.00 Å². The second kappa shape index (κ2) is 10.8. The zero-order chi connectivity index (χ0) is 24.1. The second-order valence-corrected chi connectivity index (χ2v) is 9.51. The van der Waals surface area contributed by atoms with Gasteiger partial charge in [0.25, 0.3) is 11.1 Å². The Balaban J connectivity index is 1.40. The van der Waals surface area contributed by atoms with E-state index in [0.29, 0.717) is 37.5 Å². The minimum Gasteiger partial charge on any atom is -0.478 e. The van der Waals surface area contributed by atoms with E-state index < -0.39 is 11.1 Å². The smallest absolute Gasteiger partial charge is 0.294 e. The maximum Gasteiger partial charge on any atom is 0.294 e. The van der Waals surface area contributed by atoms with E-state index in [-0.39, 0.29) is 24.0 Å². The maximum atomic E-state index is 12.9. The van der Waals surface area contributed by atoms with Crippen LogP contribution in [0.3, 0.4) is 0 Å². The minimum absolute atomic E-state index is 0.143. The molecule has 0 saturated carbocycles. The molecule has 34 heavy (non-hydrogen) atoms. The third-order valence-electron chi connectivity index (χ3n) is 5.47. The van der Waals surface area contributed by atoms with E-state index in [9.17, 15) is 14.4 Å². The number of hydrogen-bond acceptors (Lipinski definition) is 7. The van der Waals surface area contributed by atoms with Crippen LogP contribution < -0.4 is 9.64 Å². The van der Waals surface area contributed by atoms with E-state index >= 15 is 0 Å². The Morgan fingerprint density at radius 2 is 1.85 bits per heavy atom. The van der Waals surface area contributed by atoms with E-state index in [0.717, 1.165) is 26.8 Å². The van der Waals surface area contributed by atoms with Crippen molar-refractivity contribution in [3.05, 3.63) is 63.5 Å². The van der Waals surface area contributed by atoms with Crippen LogP contribution in [-0.4, -0.2) is 66.2 Å². The number of anilines is 1. The number of ether oxygens (including phenoxy) is 1. The fraction of sp³-hybridized carbons (Fsp3) is 0.250. The lowest BCUT2D eigenvalue weighted by Crippen LogP contribution is -2.51. The monoisotopic (exact) mass is 540 g/mol. The number of amides is 3. The highest BCUT2D eigenvalue weighted by Gasteiger charge is 2.37. The van der Waals surface area contributed by atoms with Crippen molar-refractivity contribution in [3.8, 4) is 11.8 Å². The van der Waals surface area contributed by atoms with Gasteiger partial charge in [-0.3, -0.25) is 19.3 Å². The van der Waals surface area contributed by atoms with Gasteiger partial charge in [0.05, 0.1) is 4.91 Å². The second-order valence-electron chi connectivity index (χ2n) is 7.60. The van der Waals surface area contributed by atoms with Crippen molar-refractivity contribution in [3.63, 3.8) is 0 Å². The average molecular weight is 541 g/mol. The molecule has 0 aromatic heterocycles. The summed E-state index contributed by atoms with van der Waals surface area (Å²) >= 11 is 4.16. The van der Waals surface area contributed by atoms with Crippen molar-refractivity contribution >= 4 is 56.5 Å². The van der Waals surface area contributed by atoms with Crippen molar-refractivity contribution in [1.82, 2.24) is 9.80 Å². The summed E-state index contributed by atoms with van der Waals surface area (Å²) in [6, 6.07) is 17.1. The number of para-hydroxylation sites is 1. The standard InChI is InChI=1S/C24H21BrN4O4S/c25-18-6-7-20(33-13-8-26)17(14-18)15-21-23(31)29(24(32)34-21)16-22(30)28-11-9-27(10-12-28)19-4-2-1-3-5-19/h1-7,14-15H,9-13,16H2/b21-15+. The Morgan fingerprint density at radius 3 is 2.56 bits per heavy atom. The third kappa shape index (κ3) is 5.43. The number of carbonyl (C=O) groups excluding carboxylic acids is 3. The first-order valence-corrected chi connectivity index (χ1v) is 12.2. The zero-order valence-electron chi connectivity index (χ0n) is 18.1. The van der Waals surface area contributed by atoms with Gasteiger partial charge in [0.15, 0.2) is 6.61 Å². The highest BCUT2D eigenvalue weighted by Crippen LogP contribution is 2.35. The zero-order valence-corrected chi connectivity index (χ0v) is 20.5. The molecule has 0 aliphatic carbocycles. The Kier molecular flexibility index (Phi) is 7.55. The Hall–Kier alpha value is -3.29. The maximum absolute atomic E-state index is 12.9. The van der Waals surface area contributed by atoms with Crippen LogP contribution in [0.15, 0.2) is 57.9 Å². The van der Waals surface area contributed by atoms with Crippen molar-refractivity contribution in [2.24, 2.45) is 0 Å². The van der Waals surface area contributed by atoms with Gasteiger partial charge in [0.2, 0.25) is 5.91 Å². The Morgan fingerprint density at radius 1 is 1.12 bits per heavy atom. The lowest BCUT2D eigenvalue weighted by molar-refractivity contribution is -0.136. The number of halogens is 1. The summed E-state index contributed by atoms with van der Waals surface area (Å²) in [6.07, 6.45) is 1.55. The molecule has 2 heterocycles. The van der Waals surface area contributed by atoms with E-state index in [2.05, 4.69) is 20.8 Å². The molecule has 8 nitrogen and oxygen atoms in total. The van der Waals surface area contributed by atoms with Crippen LogP contribution in [0.4, 0.5) is 10.5 Å². The van der Waals surface area contributed by atoms with Crippen LogP contribution >= 0.6 is 27.7 Å². The first kappa shape index (κ1) is 23.9. The molecule has 10 heteroatoms. The Labute approximate surface area is 209 Å². The first-order chi connectivity index (χ1) is 16.5. The molecule has 2 aromatic rings. The molecule has 2 aromatic carbocycles. The van der Waals surface area contributed by atoms with Gasteiger partial charge in [-0.1, -0.05) is 34.1 Å². The quantitative estimate of drug-likeness (QED) is 0.515. The van der Waals surface area contributed by atoms with Crippen LogP contribution in [0.5, 0.6) is 5.75 Å². The molecule has 0 atom stereocenters. The highest BCUT2D eigenvalue weighted by atomic mass is 79.9. The number of thioether (sulfide) groups is 1. The molecule has 0 unspecified atom stereocenters. The number of piperazine rings is 1. The number of imide groups is 1. The fourth-order valence-corrected chi connectivity index (χ4v) is 4.95. The summed E-state index contributed by atoms with van der Waals surface area (Å²) in [5, 5.41) is 8.30. The number of rotatable bonds is 6. The normalized spacial score (nSPS) is 17.3. The predicted molar refractivity (Wildman–Crippen MR) is 133 cm³/mol. The number of carbonyl (C=O) groups is 3. The molecule has 2 saturated heterocycles. The van der Waals surface area contributed by atoms with Gasteiger partial charge in [0, 0.05) is 41.9 Å². The van der Waals surface area contributed by atoms with Crippen LogP contribution in [0.1, 0.15) is 5.56 Å². The molecule has 2 aliphatic rings. The molecular formula is C24H21BrN4O4S. The Bertz CT molecular complexity index is 1170. The molecule has 3 amide bonds. The predicted octanol–water partition coefficient (Wildman–Crippen LogP) is 3.74.